The number of hydrogen-bond acceptors (Lipinski definition) is 3. The van der Waals surface area contributed by atoms with Crippen LogP contribution in [0.4, 0.5) is 5.00 Å². The largest absolute Gasteiger partial charge is 0.389 e. The third-order valence-electron chi connectivity index (χ3n) is 2.69. The molecule has 1 rings (SSSR count). The molecule has 0 saturated carbocycles. The summed E-state index contributed by atoms with van der Waals surface area (Å²) in [5.74, 6) is 0.525. The Morgan fingerprint density at radius 3 is 2.13 bits per heavy atom. The monoisotopic (exact) mass is 226 g/mol. The molecule has 2 N–H and O–H groups in total. The number of hydrogen-bond donors (Lipinski definition) is 1. The summed E-state index contributed by atoms with van der Waals surface area (Å²) in [5, 5.41) is 2.07. The number of nitrogen functional groups attached to an aromatic ring is 1. The van der Waals surface area contributed by atoms with Crippen molar-refractivity contribution < 1.29 is 0 Å². The Balaban J connectivity index is 3.06. The summed E-state index contributed by atoms with van der Waals surface area (Å²) in [7, 11) is 0. The number of nitrogens with two attached hydrogens (primary N) is 1. The van der Waals surface area contributed by atoms with Gasteiger partial charge in [0.15, 0.2) is 0 Å². The van der Waals surface area contributed by atoms with E-state index in [0.29, 0.717) is 5.92 Å². The van der Waals surface area contributed by atoms with Crippen LogP contribution in [0.15, 0.2) is 0 Å². The number of rotatable bonds is 3. The highest BCUT2D eigenvalue weighted by Gasteiger charge is 2.23. The lowest BCUT2D eigenvalue weighted by atomic mass is 9.97. The molecule has 3 heteroatoms. The molecule has 0 saturated heterocycles. The summed E-state index contributed by atoms with van der Waals surface area (Å²) in [6.45, 7) is 10.9. The lowest BCUT2D eigenvalue weighted by Gasteiger charge is -2.14. The van der Waals surface area contributed by atoms with E-state index in [4.69, 9.17) is 10.7 Å². The van der Waals surface area contributed by atoms with Crippen molar-refractivity contribution in [1.29, 1.82) is 0 Å². The average molecular weight is 226 g/mol. The van der Waals surface area contributed by atoms with Gasteiger partial charge in [0.25, 0.3) is 0 Å². The van der Waals surface area contributed by atoms with Gasteiger partial charge in [0, 0.05) is 11.3 Å². The molecule has 86 valence electrons. The molecule has 0 unspecified atom stereocenters. The molecule has 15 heavy (non-hydrogen) atoms. The highest BCUT2D eigenvalue weighted by Crippen LogP contribution is 2.36. The van der Waals surface area contributed by atoms with Crippen molar-refractivity contribution in [3.63, 3.8) is 0 Å². The number of anilines is 1. The molecule has 0 spiro atoms. The first-order valence-electron chi connectivity index (χ1n) is 5.66. The number of thiazole rings is 1. The van der Waals surface area contributed by atoms with Crippen molar-refractivity contribution >= 4 is 16.3 Å². The molecule has 2 nitrogen and oxygen atoms in total. The third kappa shape index (κ3) is 2.71. The highest BCUT2D eigenvalue weighted by atomic mass is 32.1. The molecule has 1 aromatic heterocycles. The maximum absolute atomic E-state index is 6.05. The van der Waals surface area contributed by atoms with Gasteiger partial charge in [0.05, 0.1) is 5.69 Å². The van der Waals surface area contributed by atoms with Gasteiger partial charge in [-0.05, 0) is 12.8 Å². The van der Waals surface area contributed by atoms with Gasteiger partial charge in [-0.25, -0.2) is 4.98 Å². The van der Waals surface area contributed by atoms with E-state index in [1.807, 2.05) is 0 Å². The van der Waals surface area contributed by atoms with Crippen LogP contribution < -0.4 is 5.73 Å². The molecule has 0 aliphatic carbocycles. The van der Waals surface area contributed by atoms with E-state index in [1.165, 1.54) is 0 Å². The van der Waals surface area contributed by atoms with E-state index in [2.05, 4.69) is 34.6 Å². The quantitative estimate of drug-likeness (QED) is 0.848. The predicted molar refractivity (Wildman–Crippen MR) is 68.5 cm³/mol. The standard InChI is InChI=1S/C12H22N2S/c1-6-8(7-2)9-10(13)15-11(14-9)12(3,4)5/h8H,6-7,13H2,1-5H3. The Kier molecular flexibility index (Phi) is 3.77. The van der Waals surface area contributed by atoms with Gasteiger partial charge in [-0.3, -0.25) is 0 Å². The van der Waals surface area contributed by atoms with E-state index < -0.39 is 0 Å². The normalized spacial score (nSPS) is 12.4. The zero-order chi connectivity index (χ0) is 11.6. The van der Waals surface area contributed by atoms with Crippen LogP contribution in [0.25, 0.3) is 0 Å². The van der Waals surface area contributed by atoms with Gasteiger partial charge in [-0.15, -0.1) is 11.3 Å². The zero-order valence-corrected chi connectivity index (χ0v) is 11.2. The van der Waals surface area contributed by atoms with Crippen LogP contribution >= 0.6 is 11.3 Å². The molecule has 1 aromatic rings. The van der Waals surface area contributed by atoms with Crippen molar-refractivity contribution in [2.45, 2.75) is 58.8 Å². The van der Waals surface area contributed by atoms with Crippen LogP contribution in [0.1, 0.15) is 64.1 Å². The van der Waals surface area contributed by atoms with Gasteiger partial charge in [0.1, 0.15) is 10.0 Å². The van der Waals surface area contributed by atoms with E-state index in [9.17, 15) is 0 Å². The van der Waals surface area contributed by atoms with E-state index in [1.54, 1.807) is 11.3 Å². The minimum atomic E-state index is 0.114. The minimum Gasteiger partial charge on any atom is -0.389 e. The van der Waals surface area contributed by atoms with E-state index >= 15 is 0 Å². The summed E-state index contributed by atoms with van der Waals surface area (Å²) >= 11 is 1.65. The van der Waals surface area contributed by atoms with Crippen LogP contribution in [0.5, 0.6) is 0 Å². The van der Waals surface area contributed by atoms with Crippen molar-refractivity contribution in [1.82, 2.24) is 4.98 Å². The van der Waals surface area contributed by atoms with Crippen LogP contribution in [-0.2, 0) is 5.41 Å². The Hall–Kier alpha value is -0.570. The molecule has 0 fully saturated rings. The summed E-state index contributed by atoms with van der Waals surface area (Å²) in [6.07, 6.45) is 2.24. The second-order valence-corrected chi connectivity index (χ2v) is 6.06. The van der Waals surface area contributed by atoms with Crippen LogP contribution in [0.2, 0.25) is 0 Å². The lowest BCUT2D eigenvalue weighted by Crippen LogP contribution is -2.11. The Bertz CT molecular complexity index is 319. The fourth-order valence-corrected chi connectivity index (χ4v) is 2.61. The van der Waals surface area contributed by atoms with Crippen molar-refractivity contribution in [2.24, 2.45) is 0 Å². The number of aromatic nitrogens is 1. The maximum Gasteiger partial charge on any atom is 0.110 e. The van der Waals surface area contributed by atoms with Gasteiger partial charge in [-0.1, -0.05) is 34.6 Å². The fourth-order valence-electron chi connectivity index (χ4n) is 1.63. The van der Waals surface area contributed by atoms with Gasteiger partial charge in [0.2, 0.25) is 0 Å². The SMILES string of the molecule is CCC(CC)c1nc(C(C)(C)C)sc1N. The molecule has 0 aliphatic rings. The van der Waals surface area contributed by atoms with Gasteiger partial charge >= 0.3 is 0 Å². The first-order chi connectivity index (χ1) is 6.90. The van der Waals surface area contributed by atoms with E-state index in [0.717, 1.165) is 28.5 Å². The van der Waals surface area contributed by atoms with Crippen LogP contribution in [0, 0.1) is 0 Å². The summed E-state index contributed by atoms with van der Waals surface area (Å²) in [5.41, 5.74) is 7.28. The zero-order valence-electron chi connectivity index (χ0n) is 10.4. The molecule has 0 atom stereocenters. The van der Waals surface area contributed by atoms with Gasteiger partial charge in [-0.2, -0.15) is 0 Å². The molecule has 0 radical (unpaired) electrons. The minimum absolute atomic E-state index is 0.114. The second kappa shape index (κ2) is 4.52. The summed E-state index contributed by atoms with van der Waals surface area (Å²) in [6, 6.07) is 0. The van der Waals surface area contributed by atoms with Crippen molar-refractivity contribution in [3.05, 3.63) is 10.7 Å². The first-order valence-corrected chi connectivity index (χ1v) is 6.48. The molecule has 0 aromatic carbocycles. The van der Waals surface area contributed by atoms with Crippen LogP contribution in [-0.4, -0.2) is 4.98 Å². The average Bonchev–Trinajstić information content (AvgIpc) is 2.50. The second-order valence-electron chi connectivity index (χ2n) is 5.03. The van der Waals surface area contributed by atoms with Crippen molar-refractivity contribution in [2.75, 3.05) is 5.73 Å². The lowest BCUT2D eigenvalue weighted by molar-refractivity contribution is 0.570. The summed E-state index contributed by atoms with van der Waals surface area (Å²) in [4.78, 5) is 4.72. The third-order valence-corrected chi connectivity index (χ3v) is 4.02. The molecule has 0 bridgehead atoms. The highest BCUT2D eigenvalue weighted by molar-refractivity contribution is 7.15. The Morgan fingerprint density at radius 2 is 1.80 bits per heavy atom. The molecule has 1 heterocycles. The predicted octanol–water partition coefficient (Wildman–Crippen LogP) is 3.93. The topological polar surface area (TPSA) is 38.9 Å². The van der Waals surface area contributed by atoms with Gasteiger partial charge < -0.3 is 5.73 Å². The van der Waals surface area contributed by atoms with Crippen molar-refractivity contribution in [3.8, 4) is 0 Å². The number of nitrogens with zero attached hydrogens (tertiary/aromatic N) is 1. The fraction of sp³-hybridized carbons (Fsp3) is 0.750. The summed E-state index contributed by atoms with van der Waals surface area (Å²) < 4.78 is 0. The Morgan fingerprint density at radius 1 is 1.27 bits per heavy atom. The first kappa shape index (κ1) is 12.5. The molecule has 0 aliphatic heterocycles. The Labute approximate surface area is 96.9 Å². The molecular weight excluding hydrogens is 204 g/mol. The maximum atomic E-state index is 6.05. The molecular formula is C12H22N2S. The smallest absolute Gasteiger partial charge is 0.110 e. The van der Waals surface area contributed by atoms with Crippen LogP contribution in [0.3, 0.4) is 0 Å². The van der Waals surface area contributed by atoms with E-state index in [-0.39, 0.29) is 5.41 Å². The molecule has 0 amide bonds.